The van der Waals surface area contributed by atoms with Crippen LogP contribution in [0.3, 0.4) is 0 Å². The number of aryl methyl sites for hydroxylation is 3. The Morgan fingerprint density at radius 2 is 1.27 bits per heavy atom. The van der Waals surface area contributed by atoms with E-state index in [9.17, 15) is 0 Å². The number of aromatic nitrogens is 6. The van der Waals surface area contributed by atoms with Crippen LogP contribution in [-0.4, -0.2) is 36.4 Å². The zero-order chi connectivity index (χ0) is 35.2. The summed E-state index contributed by atoms with van der Waals surface area (Å²) in [6.07, 6.45) is 8.22. The zero-order valence-corrected chi connectivity index (χ0v) is 29.4. The minimum atomic E-state index is -0.582. The number of para-hydroxylation sites is 2. The van der Waals surface area contributed by atoms with E-state index in [4.69, 9.17) is 19.9 Å². The molecule has 0 bridgehead atoms. The topological polar surface area (TPSA) is 73.6 Å². The van der Waals surface area contributed by atoms with Crippen molar-refractivity contribution in [3.8, 4) is 5.75 Å². The average molecular weight is 683 g/mol. The van der Waals surface area contributed by atoms with Crippen molar-refractivity contribution in [3.05, 3.63) is 203 Å². The molecule has 7 heteroatoms. The van der Waals surface area contributed by atoms with Gasteiger partial charge in [-0.15, -0.1) is 10.2 Å². The molecule has 0 radical (unpaired) electrons. The van der Waals surface area contributed by atoms with Gasteiger partial charge in [-0.05, 0) is 59.5 Å². The molecule has 3 heterocycles. The number of imidazole rings is 1. The minimum Gasteiger partial charge on any atom is -0.496 e. The Labute approximate surface area is 304 Å². The normalized spacial score (nSPS) is 11.6. The molecule has 8 rings (SSSR count). The van der Waals surface area contributed by atoms with E-state index in [2.05, 4.69) is 148 Å². The predicted molar refractivity (Wildman–Crippen MR) is 207 cm³/mol. The monoisotopic (exact) mass is 682 g/mol. The summed E-state index contributed by atoms with van der Waals surface area (Å²) >= 11 is 0. The van der Waals surface area contributed by atoms with Crippen molar-refractivity contribution in [3.63, 3.8) is 0 Å². The number of methoxy groups -OCH3 is 1. The molecule has 0 atom stereocenters. The second kappa shape index (κ2) is 15.0. The first-order chi connectivity index (χ1) is 25.7. The van der Waals surface area contributed by atoms with Crippen LogP contribution in [0.25, 0.3) is 10.9 Å². The van der Waals surface area contributed by atoms with Crippen molar-refractivity contribution in [2.75, 3.05) is 7.11 Å². The molecule has 0 saturated carbocycles. The van der Waals surface area contributed by atoms with Gasteiger partial charge in [0, 0.05) is 42.4 Å². The number of H-pyrrole nitrogens is 1. The second-order valence-corrected chi connectivity index (χ2v) is 13.2. The summed E-state index contributed by atoms with van der Waals surface area (Å²) in [6, 6.07) is 51.0. The van der Waals surface area contributed by atoms with E-state index in [0.29, 0.717) is 6.42 Å². The number of fused-ring (bicyclic) bond motifs is 1. The maximum atomic E-state index is 5.69. The Balaban J connectivity index is 1.08. The van der Waals surface area contributed by atoms with Crippen molar-refractivity contribution in [2.45, 2.75) is 44.2 Å². The van der Waals surface area contributed by atoms with E-state index in [1.54, 1.807) is 7.11 Å². The van der Waals surface area contributed by atoms with E-state index < -0.39 is 5.54 Å². The van der Waals surface area contributed by atoms with Gasteiger partial charge in [0.1, 0.15) is 22.9 Å². The fourth-order valence-corrected chi connectivity index (χ4v) is 7.56. The fraction of sp³-hybridized carbons (Fsp3) is 0.178. The molecule has 52 heavy (non-hydrogen) atoms. The summed E-state index contributed by atoms with van der Waals surface area (Å²) in [4.78, 5) is 8.59. The third-order valence-electron chi connectivity index (χ3n) is 10.1. The first-order valence-corrected chi connectivity index (χ1v) is 18.0. The molecule has 7 nitrogen and oxygen atoms in total. The van der Waals surface area contributed by atoms with Gasteiger partial charge < -0.3 is 18.9 Å². The van der Waals surface area contributed by atoms with Crippen LogP contribution in [0.4, 0.5) is 0 Å². The molecule has 0 amide bonds. The molecule has 0 fully saturated rings. The van der Waals surface area contributed by atoms with Gasteiger partial charge in [0.25, 0.3) is 0 Å². The second-order valence-electron chi connectivity index (χ2n) is 13.2. The van der Waals surface area contributed by atoms with Crippen LogP contribution in [0.1, 0.15) is 51.7 Å². The third-order valence-corrected chi connectivity index (χ3v) is 10.1. The van der Waals surface area contributed by atoms with E-state index in [1.165, 1.54) is 27.8 Å². The molecule has 8 aromatic rings. The lowest BCUT2D eigenvalue weighted by molar-refractivity contribution is 0.410. The van der Waals surface area contributed by atoms with E-state index >= 15 is 0 Å². The van der Waals surface area contributed by atoms with Gasteiger partial charge in [0.2, 0.25) is 0 Å². The third kappa shape index (κ3) is 6.53. The molecule has 1 N–H and O–H groups in total. The number of aromatic amines is 1. The van der Waals surface area contributed by atoms with Crippen LogP contribution >= 0.6 is 0 Å². The summed E-state index contributed by atoms with van der Waals surface area (Å²) < 4.78 is 10.3. The van der Waals surface area contributed by atoms with Gasteiger partial charge in [-0.25, -0.2) is 4.98 Å². The number of benzene rings is 5. The van der Waals surface area contributed by atoms with E-state index in [0.717, 1.165) is 66.4 Å². The summed E-state index contributed by atoms with van der Waals surface area (Å²) in [6.45, 7) is 0.785. The van der Waals surface area contributed by atoms with Crippen molar-refractivity contribution in [1.82, 2.24) is 29.3 Å². The highest BCUT2D eigenvalue weighted by atomic mass is 16.5. The maximum Gasteiger partial charge on any atom is 0.137 e. The van der Waals surface area contributed by atoms with Gasteiger partial charge >= 0.3 is 0 Å². The number of nitrogens with one attached hydrogen (secondary N) is 1. The number of rotatable bonds is 14. The van der Waals surface area contributed by atoms with E-state index in [-0.39, 0.29) is 0 Å². The van der Waals surface area contributed by atoms with Gasteiger partial charge in [-0.2, -0.15) is 0 Å². The summed E-state index contributed by atoms with van der Waals surface area (Å²) in [5.74, 6) is 2.80. The Hall–Kier alpha value is -6.21. The molecule has 3 aromatic heterocycles. The highest BCUT2D eigenvalue weighted by molar-refractivity contribution is 5.80. The van der Waals surface area contributed by atoms with Crippen LogP contribution in [0.5, 0.6) is 5.75 Å². The van der Waals surface area contributed by atoms with Crippen LogP contribution in [0.2, 0.25) is 0 Å². The molecule has 0 aliphatic rings. The number of hydrogen-bond acceptors (Lipinski definition) is 4. The molecule has 0 aliphatic heterocycles. The van der Waals surface area contributed by atoms with Crippen LogP contribution < -0.4 is 4.74 Å². The van der Waals surface area contributed by atoms with Crippen LogP contribution in [0.15, 0.2) is 158 Å². The summed E-state index contributed by atoms with van der Waals surface area (Å²) in [5, 5.41) is 10.7. The fourth-order valence-electron chi connectivity index (χ4n) is 7.56. The van der Waals surface area contributed by atoms with Crippen molar-refractivity contribution < 1.29 is 4.74 Å². The highest BCUT2D eigenvalue weighted by Crippen LogP contribution is 2.40. The predicted octanol–water partition coefficient (Wildman–Crippen LogP) is 8.81. The van der Waals surface area contributed by atoms with Crippen molar-refractivity contribution >= 4 is 10.9 Å². The average Bonchev–Trinajstić information content (AvgIpc) is 3.95. The minimum absolute atomic E-state index is 0.582. The summed E-state index contributed by atoms with van der Waals surface area (Å²) in [7, 11) is 1.72. The standard InChI is InChI=1S/C45H42N6O/c1-52-42-26-14-12-17-35(42)31-44-49-48-43(28-27-39-30-34-16-11-13-25-41(34)47-39)51(44)29-15-24-40-32-50(33-46-40)45(36-18-5-2-6-19-36,37-20-7-3-8-21-37)38-22-9-4-10-23-38/h2-14,16-23,25-26,30,32-33,47H,15,24,27-29,31H2,1H3. The lowest BCUT2D eigenvalue weighted by atomic mass is 9.77. The lowest BCUT2D eigenvalue weighted by Gasteiger charge is -2.37. The largest absolute Gasteiger partial charge is 0.496 e. The molecule has 0 spiro atoms. The molecule has 0 saturated heterocycles. The Morgan fingerprint density at radius 1 is 0.654 bits per heavy atom. The lowest BCUT2D eigenvalue weighted by Crippen LogP contribution is -2.36. The number of hydrogen-bond donors (Lipinski definition) is 1. The van der Waals surface area contributed by atoms with Crippen molar-refractivity contribution in [2.24, 2.45) is 0 Å². The quantitative estimate of drug-likeness (QED) is 0.116. The number of ether oxygens (including phenoxy) is 1. The van der Waals surface area contributed by atoms with Gasteiger partial charge in [0.05, 0.1) is 19.1 Å². The highest BCUT2D eigenvalue weighted by Gasteiger charge is 2.38. The zero-order valence-electron chi connectivity index (χ0n) is 29.4. The molecular weight excluding hydrogens is 641 g/mol. The van der Waals surface area contributed by atoms with Gasteiger partial charge in [0.15, 0.2) is 0 Å². The van der Waals surface area contributed by atoms with E-state index in [1.807, 2.05) is 24.5 Å². The Kier molecular flexibility index (Phi) is 9.48. The van der Waals surface area contributed by atoms with Gasteiger partial charge in [-0.3, -0.25) is 0 Å². The molecule has 0 aliphatic carbocycles. The first-order valence-electron chi connectivity index (χ1n) is 18.0. The summed E-state index contributed by atoms with van der Waals surface area (Å²) in [5.41, 5.74) is 7.47. The molecular formula is C45H42N6O. The van der Waals surface area contributed by atoms with Gasteiger partial charge in [-0.1, -0.05) is 127 Å². The SMILES string of the molecule is COc1ccccc1Cc1nnc(CCc2cc3ccccc3[nH]2)n1CCCc1cn(C(c2ccccc2)(c2ccccc2)c2ccccc2)cn1. The van der Waals surface area contributed by atoms with Crippen LogP contribution in [-0.2, 0) is 37.8 Å². The smallest absolute Gasteiger partial charge is 0.137 e. The first kappa shape index (κ1) is 33.0. The van der Waals surface area contributed by atoms with Crippen molar-refractivity contribution in [1.29, 1.82) is 0 Å². The number of nitrogens with zero attached hydrogens (tertiary/aromatic N) is 5. The Bertz CT molecular complexity index is 2230. The van der Waals surface area contributed by atoms with Crippen LogP contribution in [0, 0.1) is 0 Å². The molecule has 0 unspecified atom stereocenters. The molecule has 5 aromatic carbocycles. The molecule has 258 valence electrons. The Morgan fingerprint density at radius 3 is 1.94 bits per heavy atom. The maximum absolute atomic E-state index is 5.69.